The first-order chi connectivity index (χ1) is 12.7. The van der Waals surface area contributed by atoms with Crippen LogP contribution in [-0.4, -0.2) is 13.0 Å². The minimum atomic E-state index is -0.227. The highest BCUT2D eigenvalue weighted by Gasteiger charge is 2.09. The van der Waals surface area contributed by atoms with Crippen molar-refractivity contribution in [3.8, 4) is 5.75 Å². The van der Waals surface area contributed by atoms with Gasteiger partial charge >= 0.3 is 0 Å². The Morgan fingerprint density at radius 2 is 1.58 bits per heavy atom. The Labute approximate surface area is 157 Å². The molecule has 0 saturated heterocycles. The number of nitrogens with one attached hydrogen (secondary N) is 2. The van der Waals surface area contributed by atoms with E-state index in [1.807, 2.05) is 48.5 Å². The third-order valence-electron chi connectivity index (χ3n) is 3.92. The zero-order chi connectivity index (χ0) is 18.4. The Kier molecular flexibility index (Phi) is 5.77. The van der Waals surface area contributed by atoms with Crippen LogP contribution in [0.1, 0.15) is 15.9 Å². The Morgan fingerprint density at radius 3 is 2.23 bits per heavy atom. The molecule has 3 rings (SSSR count). The van der Waals surface area contributed by atoms with E-state index >= 15 is 0 Å². The number of ether oxygens (including phenoxy) is 1. The number of amides is 1. The van der Waals surface area contributed by atoms with Crippen molar-refractivity contribution in [2.24, 2.45) is 0 Å². The van der Waals surface area contributed by atoms with Gasteiger partial charge in [-0.25, -0.2) is 0 Å². The van der Waals surface area contributed by atoms with Crippen molar-refractivity contribution in [3.05, 3.63) is 88.9 Å². The first-order valence-electron chi connectivity index (χ1n) is 8.18. The summed E-state index contributed by atoms with van der Waals surface area (Å²) >= 11 is 6.05. The van der Waals surface area contributed by atoms with E-state index in [1.165, 1.54) is 0 Å². The summed E-state index contributed by atoms with van der Waals surface area (Å²) in [5.41, 5.74) is 3.29. The number of benzene rings is 3. The number of rotatable bonds is 6. The number of carbonyl (C=O) groups excluding carboxylic acids is 1. The van der Waals surface area contributed by atoms with Gasteiger partial charge in [0.25, 0.3) is 5.91 Å². The molecule has 0 bridgehead atoms. The molecule has 0 saturated carbocycles. The first kappa shape index (κ1) is 17.8. The Balaban J connectivity index is 1.57. The second-order valence-electron chi connectivity index (χ2n) is 5.71. The summed E-state index contributed by atoms with van der Waals surface area (Å²) in [6.45, 7) is 0.704. The smallest absolute Gasteiger partial charge is 0.257 e. The molecule has 3 aromatic carbocycles. The highest BCUT2D eigenvalue weighted by atomic mass is 35.5. The van der Waals surface area contributed by atoms with Crippen LogP contribution in [0, 0.1) is 0 Å². The van der Waals surface area contributed by atoms with Gasteiger partial charge in [-0.2, -0.15) is 0 Å². The topological polar surface area (TPSA) is 50.4 Å². The van der Waals surface area contributed by atoms with E-state index in [9.17, 15) is 4.79 Å². The summed E-state index contributed by atoms with van der Waals surface area (Å²) in [5, 5.41) is 6.63. The maximum atomic E-state index is 12.3. The molecule has 2 N–H and O–H groups in total. The predicted octanol–water partition coefficient (Wildman–Crippen LogP) is 5.21. The van der Waals surface area contributed by atoms with Gasteiger partial charge in [0.05, 0.1) is 17.7 Å². The molecule has 0 aliphatic carbocycles. The third kappa shape index (κ3) is 4.55. The van der Waals surface area contributed by atoms with Gasteiger partial charge in [0.15, 0.2) is 0 Å². The average Bonchev–Trinajstić information content (AvgIpc) is 2.68. The maximum absolute atomic E-state index is 12.3. The van der Waals surface area contributed by atoms with Crippen molar-refractivity contribution in [1.29, 1.82) is 0 Å². The lowest BCUT2D eigenvalue weighted by atomic mass is 10.2. The normalized spacial score (nSPS) is 10.2. The van der Waals surface area contributed by atoms with Crippen LogP contribution in [0.25, 0.3) is 0 Å². The molecule has 4 nitrogen and oxygen atoms in total. The molecule has 0 aromatic heterocycles. The number of methoxy groups -OCH3 is 1. The van der Waals surface area contributed by atoms with Crippen LogP contribution in [0.15, 0.2) is 72.8 Å². The Hall–Kier alpha value is -2.98. The van der Waals surface area contributed by atoms with Crippen molar-refractivity contribution in [3.63, 3.8) is 0 Å². The molecule has 0 aliphatic heterocycles. The number of hydrogen-bond acceptors (Lipinski definition) is 3. The van der Waals surface area contributed by atoms with Gasteiger partial charge in [-0.1, -0.05) is 35.9 Å². The van der Waals surface area contributed by atoms with Gasteiger partial charge in [0, 0.05) is 17.9 Å². The van der Waals surface area contributed by atoms with Crippen LogP contribution in [0.5, 0.6) is 5.75 Å². The van der Waals surface area contributed by atoms with E-state index in [2.05, 4.69) is 10.6 Å². The van der Waals surface area contributed by atoms with E-state index in [4.69, 9.17) is 16.3 Å². The van der Waals surface area contributed by atoms with Crippen LogP contribution >= 0.6 is 11.6 Å². The van der Waals surface area contributed by atoms with Crippen LogP contribution in [0.3, 0.4) is 0 Å². The predicted molar refractivity (Wildman–Crippen MR) is 106 cm³/mol. The van der Waals surface area contributed by atoms with Crippen LogP contribution in [0.4, 0.5) is 11.4 Å². The second-order valence-corrected chi connectivity index (χ2v) is 6.12. The zero-order valence-electron chi connectivity index (χ0n) is 14.3. The lowest BCUT2D eigenvalue weighted by Crippen LogP contribution is -2.12. The minimum Gasteiger partial charge on any atom is -0.497 e. The van der Waals surface area contributed by atoms with Crippen molar-refractivity contribution in [1.82, 2.24) is 0 Å². The zero-order valence-corrected chi connectivity index (χ0v) is 15.1. The number of hydrogen-bond donors (Lipinski definition) is 2. The van der Waals surface area contributed by atoms with Crippen LogP contribution in [-0.2, 0) is 6.54 Å². The molecule has 5 heteroatoms. The van der Waals surface area contributed by atoms with Crippen molar-refractivity contribution < 1.29 is 9.53 Å². The second kappa shape index (κ2) is 8.41. The van der Waals surface area contributed by atoms with Crippen molar-refractivity contribution in [2.75, 3.05) is 17.7 Å². The quantitative estimate of drug-likeness (QED) is 0.629. The molecular weight excluding hydrogens is 348 g/mol. The fourth-order valence-corrected chi connectivity index (χ4v) is 2.68. The lowest BCUT2D eigenvalue weighted by Gasteiger charge is -2.10. The van der Waals surface area contributed by atoms with Gasteiger partial charge in [-0.05, 0) is 54.1 Å². The number of carbonyl (C=O) groups is 1. The highest BCUT2D eigenvalue weighted by molar-refractivity contribution is 6.34. The molecule has 0 aliphatic rings. The molecule has 26 heavy (non-hydrogen) atoms. The summed E-state index contributed by atoms with van der Waals surface area (Å²) in [5.74, 6) is 0.613. The summed E-state index contributed by atoms with van der Waals surface area (Å²) in [6, 6.07) is 22.4. The monoisotopic (exact) mass is 366 g/mol. The van der Waals surface area contributed by atoms with Gasteiger partial charge in [-0.3, -0.25) is 4.79 Å². The van der Waals surface area contributed by atoms with E-state index in [1.54, 1.807) is 31.4 Å². The maximum Gasteiger partial charge on any atom is 0.257 e. The summed E-state index contributed by atoms with van der Waals surface area (Å²) < 4.78 is 5.15. The Morgan fingerprint density at radius 1 is 0.923 bits per heavy atom. The van der Waals surface area contributed by atoms with Crippen molar-refractivity contribution in [2.45, 2.75) is 6.54 Å². The fraction of sp³-hybridized carbons (Fsp3) is 0.0952. The van der Waals surface area contributed by atoms with Gasteiger partial charge in [0.2, 0.25) is 0 Å². The standard InChI is InChI=1S/C21H19ClN2O2/c1-26-18-12-6-15(7-13-18)14-23-16-8-10-17(11-9-16)24-21(25)19-4-2-3-5-20(19)22/h2-13,23H,14H2,1H3,(H,24,25). The summed E-state index contributed by atoms with van der Waals surface area (Å²) in [6.07, 6.45) is 0. The number of halogens is 1. The molecule has 0 radical (unpaired) electrons. The molecule has 0 fully saturated rings. The third-order valence-corrected chi connectivity index (χ3v) is 4.25. The molecule has 132 valence electrons. The molecule has 1 amide bonds. The largest absolute Gasteiger partial charge is 0.497 e. The molecule has 0 atom stereocenters. The SMILES string of the molecule is COc1ccc(CNc2ccc(NC(=O)c3ccccc3Cl)cc2)cc1. The van der Waals surface area contributed by atoms with E-state index in [0.29, 0.717) is 22.8 Å². The van der Waals surface area contributed by atoms with Crippen molar-refractivity contribution >= 4 is 28.9 Å². The number of anilines is 2. The van der Waals surface area contributed by atoms with E-state index in [0.717, 1.165) is 17.0 Å². The Bertz CT molecular complexity index is 877. The van der Waals surface area contributed by atoms with Gasteiger partial charge < -0.3 is 15.4 Å². The molecular formula is C21H19ClN2O2. The summed E-state index contributed by atoms with van der Waals surface area (Å²) in [7, 11) is 1.65. The van der Waals surface area contributed by atoms with E-state index < -0.39 is 0 Å². The summed E-state index contributed by atoms with van der Waals surface area (Å²) in [4.78, 5) is 12.3. The van der Waals surface area contributed by atoms with E-state index in [-0.39, 0.29) is 5.91 Å². The molecule has 0 heterocycles. The molecule has 0 spiro atoms. The fourth-order valence-electron chi connectivity index (χ4n) is 2.46. The van der Waals surface area contributed by atoms with Crippen LogP contribution < -0.4 is 15.4 Å². The lowest BCUT2D eigenvalue weighted by molar-refractivity contribution is 0.102. The molecule has 0 unspecified atom stereocenters. The van der Waals surface area contributed by atoms with Gasteiger partial charge in [0.1, 0.15) is 5.75 Å². The minimum absolute atomic E-state index is 0.227. The van der Waals surface area contributed by atoms with Crippen LogP contribution in [0.2, 0.25) is 5.02 Å². The first-order valence-corrected chi connectivity index (χ1v) is 8.56. The average molecular weight is 367 g/mol. The van der Waals surface area contributed by atoms with Gasteiger partial charge in [-0.15, -0.1) is 0 Å². The molecule has 3 aromatic rings. The highest BCUT2D eigenvalue weighted by Crippen LogP contribution is 2.19.